The molecular formula is C28H22F2Zr. The minimum Gasteiger partial charge on any atom is -1.00 e. The van der Waals surface area contributed by atoms with Crippen LogP contribution in [0, 0.1) is 13.8 Å². The normalized spacial score (nSPS) is 11.9. The SMILES string of the molecule is Cc1[c]([Zr+2][c]2ccc3c(c2C)Cc2ccccc2-3)ccc2c1Cc1ccccc1-2.[F-].[F-]. The van der Waals surface area contributed by atoms with Crippen molar-refractivity contribution in [2.45, 2.75) is 26.7 Å². The zero-order chi connectivity index (χ0) is 19.5. The van der Waals surface area contributed by atoms with Gasteiger partial charge in [-0.25, -0.2) is 0 Å². The molecule has 0 aliphatic heterocycles. The molecular weight excluding hydrogens is 466 g/mol. The average molecular weight is 488 g/mol. The van der Waals surface area contributed by atoms with Crippen LogP contribution in [0.3, 0.4) is 0 Å². The molecule has 0 saturated heterocycles. The van der Waals surface area contributed by atoms with Gasteiger partial charge in [0.25, 0.3) is 0 Å². The Bertz CT molecular complexity index is 1210. The van der Waals surface area contributed by atoms with E-state index in [1.807, 2.05) is 0 Å². The summed E-state index contributed by atoms with van der Waals surface area (Å²) in [5, 5.41) is 0. The number of benzene rings is 4. The van der Waals surface area contributed by atoms with E-state index in [0.717, 1.165) is 12.8 Å². The topological polar surface area (TPSA) is 0 Å². The Morgan fingerprint density at radius 3 is 1.39 bits per heavy atom. The molecule has 2 aliphatic carbocycles. The van der Waals surface area contributed by atoms with Crippen LogP contribution in [0.2, 0.25) is 0 Å². The molecule has 0 nitrogen and oxygen atoms in total. The van der Waals surface area contributed by atoms with Crippen molar-refractivity contribution in [1.82, 2.24) is 0 Å². The minimum atomic E-state index is -0.841. The molecule has 0 aromatic heterocycles. The van der Waals surface area contributed by atoms with E-state index in [0.29, 0.717) is 0 Å². The van der Waals surface area contributed by atoms with Gasteiger partial charge < -0.3 is 9.41 Å². The smallest absolute Gasteiger partial charge is 1.00 e. The minimum absolute atomic E-state index is 0. The fraction of sp³-hybridized carbons (Fsp3) is 0.143. The van der Waals surface area contributed by atoms with E-state index in [9.17, 15) is 0 Å². The molecule has 31 heavy (non-hydrogen) atoms. The van der Waals surface area contributed by atoms with Crippen molar-refractivity contribution in [3.63, 3.8) is 0 Å². The second-order valence-corrected chi connectivity index (χ2v) is 11.6. The number of hydrogen-bond acceptors (Lipinski definition) is 0. The van der Waals surface area contributed by atoms with Gasteiger partial charge >= 0.3 is 185 Å². The molecule has 4 aromatic rings. The van der Waals surface area contributed by atoms with Crippen molar-refractivity contribution in [3.8, 4) is 22.3 Å². The van der Waals surface area contributed by atoms with Crippen LogP contribution in [0.1, 0.15) is 33.4 Å². The number of fused-ring (bicyclic) bond motifs is 6. The van der Waals surface area contributed by atoms with Gasteiger partial charge in [0.2, 0.25) is 0 Å². The first-order chi connectivity index (χ1) is 14.2. The van der Waals surface area contributed by atoms with E-state index < -0.39 is 23.2 Å². The Hall–Kier alpha value is -2.38. The monoisotopic (exact) mass is 486 g/mol. The molecule has 2 aliphatic rings. The van der Waals surface area contributed by atoms with E-state index in [4.69, 9.17) is 0 Å². The molecule has 0 bridgehead atoms. The van der Waals surface area contributed by atoms with Crippen LogP contribution in [0.15, 0.2) is 72.8 Å². The fourth-order valence-corrected chi connectivity index (χ4v) is 8.34. The van der Waals surface area contributed by atoms with Gasteiger partial charge in [0.15, 0.2) is 0 Å². The largest absolute Gasteiger partial charge is 1.00 e. The molecule has 0 spiro atoms. The maximum atomic E-state index is 2.43. The third-order valence-electron chi connectivity index (χ3n) is 6.82. The van der Waals surface area contributed by atoms with Crippen LogP contribution < -0.4 is 16.0 Å². The number of rotatable bonds is 2. The summed E-state index contributed by atoms with van der Waals surface area (Å²) in [7, 11) is 0. The van der Waals surface area contributed by atoms with Gasteiger partial charge in [0.05, 0.1) is 0 Å². The van der Waals surface area contributed by atoms with E-state index in [-0.39, 0.29) is 9.41 Å². The van der Waals surface area contributed by atoms with E-state index >= 15 is 0 Å². The third-order valence-corrected chi connectivity index (χ3v) is 10.8. The first kappa shape index (κ1) is 21.8. The fourth-order valence-electron chi connectivity index (χ4n) is 5.15. The van der Waals surface area contributed by atoms with E-state index in [1.54, 1.807) is 28.8 Å². The molecule has 0 atom stereocenters. The third kappa shape index (κ3) is 3.35. The average Bonchev–Trinajstić information content (AvgIpc) is 3.31. The number of halogens is 2. The molecule has 0 radical (unpaired) electrons. The number of hydrogen-bond donors (Lipinski definition) is 0. The Balaban J connectivity index is 0.00000116. The molecule has 0 N–H and O–H groups in total. The van der Waals surface area contributed by atoms with Gasteiger partial charge in [-0.05, 0) is 0 Å². The Kier molecular flexibility index (Phi) is 5.83. The Labute approximate surface area is 193 Å². The maximum Gasteiger partial charge on any atom is -1.00 e. The van der Waals surface area contributed by atoms with Crippen LogP contribution in [0.4, 0.5) is 0 Å². The van der Waals surface area contributed by atoms with Crippen molar-refractivity contribution >= 4 is 6.54 Å². The van der Waals surface area contributed by atoms with Gasteiger partial charge in [-0.1, -0.05) is 0 Å². The summed E-state index contributed by atoms with van der Waals surface area (Å²) < 4.78 is 3.28. The summed E-state index contributed by atoms with van der Waals surface area (Å²) in [6.07, 6.45) is 2.20. The first-order valence-electron chi connectivity index (χ1n) is 10.4. The molecule has 0 fully saturated rings. The predicted molar refractivity (Wildman–Crippen MR) is 118 cm³/mol. The summed E-state index contributed by atoms with van der Waals surface area (Å²) in [5.41, 5.74) is 15.0. The molecule has 0 saturated carbocycles. The van der Waals surface area contributed by atoms with Crippen molar-refractivity contribution in [2.24, 2.45) is 0 Å². The van der Waals surface area contributed by atoms with E-state index in [2.05, 4.69) is 86.6 Å². The van der Waals surface area contributed by atoms with Gasteiger partial charge in [-0.15, -0.1) is 0 Å². The van der Waals surface area contributed by atoms with Crippen molar-refractivity contribution in [2.75, 3.05) is 0 Å². The van der Waals surface area contributed by atoms with Crippen molar-refractivity contribution in [1.29, 1.82) is 0 Å². The van der Waals surface area contributed by atoms with E-state index in [1.165, 1.54) is 33.4 Å². The maximum absolute atomic E-state index is 2.43. The van der Waals surface area contributed by atoms with Crippen LogP contribution in [-0.4, -0.2) is 0 Å². The van der Waals surface area contributed by atoms with Gasteiger partial charge in [0.1, 0.15) is 0 Å². The predicted octanol–water partition coefficient (Wildman–Crippen LogP) is -0.513. The van der Waals surface area contributed by atoms with Crippen LogP contribution in [-0.2, 0) is 36.1 Å². The van der Waals surface area contributed by atoms with Crippen molar-refractivity contribution < 1.29 is 32.6 Å². The zero-order valence-electron chi connectivity index (χ0n) is 17.6. The first-order valence-corrected chi connectivity index (χ1v) is 12.8. The molecule has 3 heteroatoms. The molecule has 152 valence electrons. The molecule has 0 unspecified atom stereocenters. The van der Waals surface area contributed by atoms with Crippen molar-refractivity contribution in [3.05, 3.63) is 106 Å². The molecule has 0 amide bonds. The summed E-state index contributed by atoms with van der Waals surface area (Å²) in [6.45, 7) is 4.72. The van der Waals surface area contributed by atoms with Gasteiger partial charge in [-0.2, -0.15) is 0 Å². The summed E-state index contributed by atoms with van der Waals surface area (Å²) in [6, 6.07) is 27.5. The van der Waals surface area contributed by atoms with Gasteiger partial charge in [0, 0.05) is 0 Å². The summed E-state index contributed by atoms with van der Waals surface area (Å²) in [4.78, 5) is 0. The second kappa shape index (κ2) is 8.28. The zero-order valence-corrected chi connectivity index (χ0v) is 20.1. The Morgan fingerprint density at radius 2 is 0.935 bits per heavy atom. The van der Waals surface area contributed by atoms with Crippen LogP contribution >= 0.6 is 0 Å². The van der Waals surface area contributed by atoms with Crippen LogP contribution in [0.5, 0.6) is 0 Å². The van der Waals surface area contributed by atoms with Crippen LogP contribution in [0.25, 0.3) is 22.3 Å². The molecule has 0 heterocycles. The second-order valence-electron chi connectivity index (χ2n) is 8.32. The standard InChI is InChI=1S/2C14H11.2FH.Zr/c2*1-10-5-4-8-13-12-7-3-2-6-11(12)9-14(10)13;;;/h2*2-4,6-8H,9H2,1H3;2*1H;/q;;;;+2/p-2. The van der Waals surface area contributed by atoms with Gasteiger partial charge in [-0.3, -0.25) is 0 Å². The quantitative estimate of drug-likeness (QED) is 0.309. The Morgan fingerprint density at radius 1 is 0.516 bits per heavy atom. The summed E-state index contributed by atoms with van der Waals surface area (Å²) >= 11 is -0.841. The molecule has 6 rings (SSSR count). The molecule has 4 aromatic carbocycles. The summed E-state index contributed by atoms with van der Waals surface area (Å²) in [5.74, 6) is 0.